The van der Waals surface area contributed by atoms with Crippen LogP contribution in [-0.4, -0.2) is 17.0 Å². The molecule has 0 spiro atoms. The van der Waals surface area contributed by atoms with Gasteiger partial charge in [0.25, 0.3) is 0 Å². The van der Waals surface area contributed by atoms with E-state index in [0.29, 0.717) is 10.3 Å². The first-order valence-corrected chi connectivity index (χ1v) is 6.63. The maximum absolute atomic E-state index is 6.06. The predicted molar refractivity (Wildman–Crippen MR) is 72.1 cm³/mol. The van der Waals surface area contributed by atoms with Gasteiger partial charge >= 0.3 is 0 Å². The van der Waals surface area contributed by atoms with E-state index >= 15 is 0 Å². The fraction of sp³-hybridized carbons (Fsp3) is 0.300. The topological polar surface area (TPSA) is 24.4 Å². The molecule has 2 rings (SSSR count). The Labute approximate surface area is 107 Å². The Morgan fingerprint density at radius 1 is 1.60 bits per heavy atom. The molecule has 1 N–H and O–H groups in total. The number of halogens is 2. The first kappa shape index (κ1) is 11.3. The number of nitrogens with one attached hydrogen (secondary N) is 1. The zero-order valence-electron chi connectivity index (χ0n) is 8.13. The van der Waals surface area contributed by atoms with E-state index in [2.05, 4.69) is 33.2 Å². The van der Waals surface area contributed by atoms with Crippen molar-refractivity contribution < 1.29 is 0 Å². The van der Waals surface area contributed by atoms with Crippen molar-refractivity contribution in [3.8, 4) is 0 Å². The zero-order chi connectivity index (χ0) is 10.8. The number of nitrogens with zero attached hydrogens (tertiary/aromatic N) is 1. The summed E-state index contributed by atoms with van der Waals surface area (Å²) in [4.78, 5) is 4.38. The van der Waals surface area contributed by atoms with E-state index in [9.17, 15) is 0 Å². The van der Waals surface area contributed by atoms with E-state index in [1.54, 1.807) is 11.8 Å². The molecule has 1 unspecified atom stereocenters. The Hall–Kier alpha value is -0.190. The summed E-state index contributed by atoms with van der Waals surface area (Å²) in [5.41, 5.74) is 0.895. The summed E-state index contributed by atoms with van der Waals surface area (Å²) in [6, 6.07) is 5.73. The van der Waals surface area contributed by atoms with Crippen LogP contribution in [0.3, 0.4) is 0 Å². The second kappa shape index (κ2) is 4.76. The number of rotatable bonds is 1. The van der Waals surface area contributed by atoms with Crippen molar-refractivity contribution in [3.05, 3.63) is 27.7 Å². The molecule has 1 atom stereocenters. The summed E-state index contributed by atoms with van der Waals surface area (Å²) >= 11 is 11.2. The van der Waals surface area contributed by atoms with Crippen LogP contribution in [0.5, 0.6) is 0 Å². The fourth-order valence-electron chi connectivity index (χ4n) is 1.25. The monoisotopic (exact) mass is 304 g/mol. The molecule has 1 heterocycles. The Morgan fingerprint density at radius 2 is 2.40 bits per heavy atom. The van der Waals surface area contributed by atoms with Crippen LogP contribution in [0.15, 0.2) is 27.7 Å². The molecule has 0 radical (unpaired) electrons. The van der Waals surface area contributed by atoms with E-state index in [0.717, 1.165) is 21.9 Å². The molecule has 0 aromatic heterocycles. The first-order valence-electron chi connectivity index (χ1n) is 4.58. The van der Waals surface area contributed by atoms with Gasteiger partial charge in [0.2, 0.25) is 0 Å². The van der Waals surface area contributed by atoms with Crippen LogP contribution in [0.25, 0.3) is 0 Å². The van der Waals surface area contributed by atoms with Crippen LogP contribution < -0.4 is 5.32 Å². The normalized spacial score (nSPS) is 20.2. The van der Waals surface area contributed by atoms with Crippen molar-refractivity contribution in [3.63, 3.8) is 0 Å². The van der Waals surface area contributed by atoms with Gasteiger partial charge in [0.1, 0.15) is 0 Å². The Morgan fingerprint density at radius 3 is 3.07 bits per heavy atom. The maximum Gasteiger partial charge on any atom is 0.161 e. The molecule has 1 aliphatic heterocycles. The molecule has 0 aliphatic carbocycles. The minimum Gasteiger partial charge on any atom is -0.334 e. The number of hydrogen-bond donors (Lipinski definition) is 1. The summed E-state index contributed by atoms with van der Waals surface area (Å²) in [7, 11) is 0. The summed E-state index contributed by atoms with van der Waals surface area (Å²) in [6.07, 6.45) is 0. The number of benzene rings is 1. The number of aliphatic imine (C=N–C) groups is 1. The lowest BCUT2D eigenvalue weighted by atomic mass is 10.3. The summed E-state index contributed by atoms with van der Waals surface area (Å²) in [5.74, 6) is 0. The molecule has 2 nitrogen and oxygen atoms in total. The van der Waals surface area contributed by atoms with Gasteiger partial charge in [-0.2, -0.15) is 0 Å². The fourth-order valence-corrected chi connectivity index (χ4v) is 2.63. The molecule has 0 amide bonds. The number of amidine groups is 1. The largest absolute Gasteiger partial charge is 0.334 e. The third-order valence-electron chi connectivity index (χ3n) is 1.97. The van der Waals surface area contributed by atoms with Gasteiger partial charge < -0.3 is 5.32 Å². The summed E-state index contributed by atoms with van der Waals surface area (Å²) in [6.45, 7) is 3.03. The van der Waals surface area contributed by atoms with E-state index in [1.807, 2.05) is 18.2 Å². The molecule has 1 aromatic rings. The van der Waals surface area contributed by atoms with Gasteiger partial charge in [-0.3, -0.25) is 4.99 Å². The third kappa shape index (κ3) is 2.89. The number of hydrogen-bond acceptors (Lipinski definition) is 3. The summed E-state index contributed by atoms with van der Waals surface area (Å²) < 4.78 is 1.01. The van der Waals surface area contributed by atoms with Crippen LogP contribution in [0.1, 0.15) is 6.92 Å². The second-order valence-corrected chi connectivity index (χ2v) is 6.07. The molecule has 0 saturated heterocycles. The minimum absolute atomic E-state index is 0.554. The highest BCUT2D eigenvalue weighted by Gasteiger charge is 2.15. The predicted octanol–water partition coefficient (Wildman–Crippen LogP) is 4.01. The molecule has 0 fully saturated rings. The highest BCUT2D eigenvalue weighted by Crippen LogP contribution is 2.28. The maximum atomic E-state index is 6.06. The smallest absolute Gasteiger partial charge is 0.161 e. The van der Waals surface area contributed by atoms with Gasteiger partial charge in [0.05, 0.1) is 17.3 Å². The average molecular weight is 306 g/mol. The number of thioether (sulfide) groups is 1. The first-order chi connectivity index (χ1) is 7.15. The lowest BCUT2D eigenvalue weighted by Crippen LogP contribution is -2.06. The van der Waals surface area contributed by atoms with Gasteiger partial charge in [-0.25, -0.2) is 0 Å². The standard InChI is InChI=1S/C10H10BrClN2S/c1-6-5-13-10(15-6)14-9-4-7(11)2-3-8(9)12/h2-4,6H,5H2,1H3,(H,13,14). The van der Waals surface area contributed by atoms with Gasteiger partial charge in [-0.05, 0) is 18.2 Å². The van der Waals surface area contributed by atoms with Gasteiger partial charge in [0.15, 0.2) is 5.17 Å². The van der Waals surface area contributed by atoms with Crippen LogP contribution >= 0.6 is 39.3 Å². The Kier molecular flexibility index (Phi) is 3.59. The highest BCUT2D eigenvalue weighted by molar-refractivity contribution is 9.10. The van der Waals surface area contributed by atoms with Crippen LogP contribution in [-0.2, 0) is 0 Å². The molecule has 80 valence electrons. The Balaban J connectivity index is 2.14. The van der Waals surface area contributed by atoms with E-state index in [1.165, 1.54) is 0 Å². The quantitative estimate of drug-likeness (QED) is 0.848. The van der Waals surface area contributed by atoms with Crippen LogP contribution in [0.4, 0.5) is 5.69 Å². The highest BCUT2D eigenvalue weighted by atomic mass is 79.9. The van der Waals surface area contributed by atoms with E-state index in [4.69, 9.17) is 11.6 Å². The SMILES string of the molecule is CC1CN=C(Nc2cc(Br)ccc2Cl)S1. The van der Waals surface area contributed by atoms with Gasteiger partial charge in [0, 0.05) is 9.72 Å². The number of anilines is 1. The summed E-state index contributed by atoms with van der Waals surface area (Å²) in [5, 5.41) is 5.44. The van der Waals surface area contributed by atoms with Crippen molar-refractivity contribution in [2.24, 2.45) is 4.99 Å². The van der Waals surface area contributed by atoms with Gasteiger partial charge in [-0.1, -0.05) is 46.2 Å². The molecule has 5 heteroatoms. The third-order valence-corrected chi connectivity index (χ3v) is 3.80. The molecule has 15 heavy (non-hydrogen) atoms. The van der Waals surface area contributed by atoms with Gasteiger partial charge in [-0.15, -0.1) is 0 Å². The van der Waals surface area contributed by atoms with E-state index < -0.39 is 0 Å². The van der Waals surface area contributed by atoms with Crippen molar-refractivity contribution in [2.75, 3.05) is 11.9 Å². The molecule has 1 aliphatic rings. The lowest BCUT2D eigenvalue weighted by Gasteiger charge is -2.08. The Bertz CT molecular complexity index is 408. The lowest BCUT2D eigenvalue weighted by molar-refractivity contribution is 0.976. The van der Waals surface area contributed by atoms with Crippen molar-refractivity contribution in [1.82, 2.24) is 0 Å². The van der Waals surface area contributed by atoms with Crippen molar-refractivity contribution in [1.29, 1.82) is 0 Å². The second-order valence-electron chi connectivity index (χ2n) is 3.32. The van der Waals surface area contributed by atoms with Crippen LogP contribution in [0, 0.1) is 0 Å². The molecule has 0 saturated carbocycles. The molecule has 1 aromatic carbocycles. The molecular weight excluding hydrogens is 296 g/mol. The molecular formula is C10H10BrClN2S. The minimum atomic E-state index is 0.554. The van der Waals surface area contributed by atoms with Crippen LogP contribution in [0.2, 0.25) is 5.02 Å². The average Bonchev–Trinajstić information content (AvgIpc) is 2.58. The van der Waals surface area contributed by atoms with Crippen molar-refractivity contribution >= 4 is 50.1 Å². The zero-order valence-corrected chi connectivity index (χ0v) is 11.3. The van der Waals surface area contributed by atoms with E-state index in [-0.39, 0.29) is 0 Å². The molecule has 0 bridgehead atoms. The van der Waals surface area contributed by atoms with Crippen molar-refractivity contribution in [2.45, 2.75) is 12.2 Å².